The van der Waals surface area contributed by atoms with E-state index in [1.165, 1.54) is 6.07 Å². The minimum Gasteiger partial charge on any atom is -0.480 e. The van der Waals surface area contributed by atoms with Crippen molar-refractivity contribution >= 4 is 23.4 Å². The van der Waals surface area contributed by atoms with E-state index in [0.29, 0.717) is 17.4 Å². The Balaban J connectivity index is 1.85. The van der Waals surface area contributed by atoms with E-state index >= 15 is 0 Å². The van der Waals surface area contributed by atoms with Crippen LogP contribution in [0.15, 0.2) is 30.3 Å². The van der Waals surface area contributed by atoms with Gasteiger partial charge < -0.3 is 15.7 Å². The van der Waals surface area contributed by atoms with Gasteiger partial charge in [0, 0.05) is 12.0 Å². The lowest BCUT2D eigenvalue weighted by molar-refractivity contribution is -0.134. The van der Waals surface area contributed by atoms with Crippen LogP contribution in [0.3, 0.4) is 0 Å². The van der Waals surface area contributed by atoms with Crippen molar-refractivity contribution in [1.82, 2.24) is 9.97 Å². The smallest absolute Gasteiger partial charge is 0.322 e. The fraction of sp³-hybridized carbons (Fsp3) is 0.267. The zero-order chi connectivity index (χ0) is 15.5. The van der Waals surface area contributed by atoms with Gasteiger partial charge in [-0.25, -0.2) is 9.37 Å². The molecule has 7 heteroatoms. The average Bonchev–Trinajstić information content (AvgIpc) is 3.32. The highest BCUT2D eigenvalue weighted by molar-refractivity contribution is 5.72. The van der Waals surface area contributed by atoms with Crippen molar-refractivity contribution in [2.24, 2.45) is 0 Å². The van der Waals surface area contributed by atoms with Crippen molar-refractivity contribution in [3.05, 3.63) is 41.8 Å². The van der Waals surface area contributed by atoms with E-state index in [2.05, 4.69) is 20.6 Å². The Morgan fingerprint density at radius 3 is 2.77 bits per heavy atom. The Bertz CT molecular complexity index is 704. The summed E-state index contributed by atoms with van der Waals surface area (Å²) < 4.78 is 13.7. The standard InChI is InChI=1S/C15H15FN4O2/c16-10-3-1-2-4-11(10)18-13-7-12(9-5-6-9)19-15(20-13)17-8-14(21)22/h1-4,7,9H,5-6,8H2,(H,21,22)(H2,17,18,19,20). The molecule has 0 spiro atoms. The molecule has 1 aliphatic carbocycles. The number of carboxylic acids is 1. The number of carbonyl (C=O) groups is 1. The summed E-state index contributed by atoms with van der Waals surface area (Å²) in [6.07, 6.45) is 2.10. The maximum absolute atomic E-state index is 13.7. The minimum atomic E-state index is -0.996. The molecule has 3 rings (SSSR count). The summed E-state index contributed by atoms with van der Waals surface area (Å²) in [6, 6.07) is 8.07. The molecule has 1 heterocycles. The molecular weight excluding hydrogens is 287 g/mol. The molecule has 0 saturated heterocycles. The molecule has 1 aliphatic rings. The van der Waals surface area contributed by atoms with Crippen LogP contribution >= 0.6 is 0 Å². The highest BCUT2D eigenvalue weighted by Crippen LogP contribution is 2.40. The van der Waals surface area contributed by atoms with E-state index in [4.69, 9.17) is 5.11 Å². The average molecular weight is 302 g/mol. The van der Waals surface area contributed by atoms with Crippen LogP contribution in [0.2, 0.25) is 0 Å². The largest absolute Gasteiger partial charge is 0.480 e. The number of anilines is 3. The molecule has 6 nitrogen and oxygen atoms in total. The molecule has 114 valence electrons. The quantitative estimate of drug-likeness (QED) is 0.760. The van der Waals surface area contributed by atoms with Crippen LogP contribution in [-0.4, -0.2) is 27.6 Å². The maximum Gasteiger partial charge on any atom is 0.322 e. The summed E-state index contributed by atoms with van der Waals surface area (Å²) in [6.45, 7) is -0.271. The molecule has 22 heavy (non-hydrogen) atoms. The van der Waals surface area contributed by atoms with Gasteiger partial charge in [0.2, 0.25) is 5.95 Å². The summed E-state index contributed by atoms with van der Waals surface area (Å²) in [7, 11) is 0. The Kier molecular flexibility index (Phi) is 3.86. The van der Waals surface area contributed by atoms with Gasteiger partial charge >= 0.3 is 5.97 Å². The predicted molar refractivity (Wildman–Crippen MR) is 79.8 cm³/mol. The normalized spacial score (nSPS) is 13.7. The lowest BCUT2D eigenvalue weighted by Gasteiger charge is -2.10. The number of aliphatic carboxylic acids is 1. The van der Waals surface area contributed by atoms with Crippen molar-refractivity contribution in [3.8, 4) is 0 Å². The third-order valence-corrected chi connectivity index (χ3v) is 3.28. The SMILES string of the molecule is O=C(O)CNc1nc(Nc2ccccc2F)cc(C2CC2)n1. The van der Waals surface area contributed by atoms with Gasteiger partial charge in [-0.1, -0.05) is 12.1 Å². The Labute approximate surface area is 126 Å². The summed E-state index contributed by atoms with van der Waals surface area (Å²) in [5.74, 6) is -0.340. The van der Waals surface area contributed by atoms with E-state index in [-0.39, 0.29) is 18.3 Å². The topological polar surface area (TPSA) is 87.1 Å². The lowest BCUT2D eigenvalue weighted by Crippen LogP contribution is -2.15. The number of hydrogen-bond donors (Lipinski definition) is 3. The van der Waals surface area contributed by atoms with Crippen LogP contribution in [0.1, 0.15) is 24.5 Å². The first kappa shape index (κ1) is 14.2. The molecule has 0 atom stereocenters. The molecule has 0 bridgehead atoms. The van der Waals surface area contributed by atoms with E-state index in [1.807, 2.05) is 0 Å². The molecule has 2 aromatic rings. The number of carboxylic acid groups (broad SMARTS) is 1. The van der Waals surface area contributed by atoms with Crippen molar-refractivity contribution < 1.29 is 14.3 Å². The van der Waals surface area contributed by atoms with Crippen LogP contribution in [0.25, 0.3) is 0 Å². The number of rotatable bonds is 6. The highest BCUT2D eigenvalue weighted by atomic mass is 19.1. The van der Waals surface area contributed by atoms with Gasteiger partial charge in [-0.05, 0) is 25.0 Å². The molecule has 0 amide bonds. The van der Waals surface area contributed by atoms with Crippen LogP contribution in [0, 0.1) is 5.82 Å². The Hall–Kier alpha value is -2.70. The number of nitrogens with one attached hydrogen (secondary N) is 2. The predicted octanol–water partition coefficient (Wildman–Crippen LogP) is 2.73. The number of nitrogens with zero attached hydrogens (tertiary/aromatic N) is 2. The van der Waals surface area contributed by atoms with Gasteiger partial charge in [-0.15, -0.1) is 0 Å². The fourth-order valence-corrected chi connectivity index (χ4v) is 2.05. The third kappa shape index (κ3) is 3.49. The van der Waals surface area contributed by atoms with Gasteiger partial charge in [0.25, 0.3) is 0 Å². The molecule has 0 unspecified atom stereocenters. The molecule has 0 aliphatic heterocycles. The monoisotopic (exact) mass is 302 g/mol. The minimum absolute atomic E-state index is 0.227. The van der Waals surface area contributed by atoms with Crippen molar-refractivity contribution in [2.75, 3.05) is 17.2 Å². The number of benzene rings is 1. The third-order valence-electron chi connectivity index (χ3n) is 3.28. The molecule has 1 fully saturated rings. The van der Waals surface area contributed by atoms with Gasteiger partial charge in [0.1, 0.15) is 18.2 Å². The van der Waals surface area contributed by atoms with Crippen LogP contribution in [0.4, 0.5) is 21.8 Å². The summed E-state index contributed by atoms with van der Waals surface area (Å²) in [5, 5.41) is 14.3. The molecule has 0 radical (unpaired) electrons. The van der Waals surface area contributed by atoms with Gasteiger partial charge in [-0.2, -0.15) is 4.98 Å². The van der Waals surface area contributed by atoms with Gasteiger partial charge in [0.15, 0.2) is 0 Å². The van der Waals surface area contributed by atoms with Gasteiger partial charge in [0.05, 0.1) is 11.4 Å². The van der Waals surface area contributed by atoms with Crippen LogP contribution in [0.5, 0.6) is 0 Å². The number of hydrogen-bond acceptors (Lipinski definition) is 5. The summed E-state index contributed by atoms with van der Waals surface area (Å²) >= 11 is 0. The molecule has 1 saturated carbocycles. The van der Waals surface area contributed by atoms with E-state index < -0.39 is 5.97 Å². The van der Waals surface area contributed by atoms with E-state index in [0.717, 1.165) is 18.5 Å². The van der Waals surface area contributed by atoms with E-state index in [1.54, 1.807) is 24.3 Å². The first-order valence-electron chi connectivity index (χ1n) is 6.98. The fourth-order valence-electron chi connectivity index (χ4n) is 2.05. The highest BCUT2D eigenvalue weighted by Gasteiger charge is 2.26. The zero-order valence-electron chi connectivity index (χ0n) is 11.7. The number of para-hydroxylation sites is 1. The van der Waals surface area contributed by atoms with Crippen molar-refractivity contribution in [1.29, 1.82) is 0 Å². The second-order valence-electron chi connectivity index (χ2n) is 5.13. The second-order valence-corrected chi connectivity index (χ2v) is 5.13. The Morgan fingerprint density at radius 1 is 1.32 bits per heavy atom. The molecule has 1 aromatic heterocycles. The van der Waals surface area contributed by atoms with Gasteiger partial charge in [-0.3, -0.25) is 4.79 Å². The maximum atomic E-state index is 13.7. The van der Waals surface area contributed by atoms with Crippen LogP contribution in [-0.2, 0) is 4.79 Å². The molecular formula is C15H15FN4O2. The first-order valence-corrected chi connectivity index (χ1v) is 6.98. The molecule has 3 N–H and O–H groups in total. The van der Waals surface area contributed by atoms with E-state index in [9.17, 15) is 9.18 Å². The lowest BCUT2D eigenvalue weighted by atomic mass is 10.2. The molecule has 1 aromatic carbocycles. The Morgan fingerprint density at radius 2 is 2.09 bits per heavy atom. The summed E-state index contributed by atoms with van der Waals surface area (Å²) in [4.78, 5) is 19.1. The van der Waals surface area contributed by atoms with Crippen molar-refractivity contribution in [3.63, 3.8) is 0 Å². The number of aromatic nitrogens is 2. The number of halogens is 1. The second kappa shape index (κ2) is 5.97. The van der Waals surface area contributed by atoms with Crippen molar-refractivity contribution in [2.45, 2.75) is 18.8 Å². The zero-order valence-corrected chi connectivity index (χ0v) is 11.7. The first-order chi connectivity index (χ1) is 10.6. The van der Waals surface area contributed by atoms with Crippen LogP contribution < -0.4 is 10.6 Å². The summed E-state index contributed by atoms with van der Waals surface area (Å²) in [5.41, 5.74) is 1.15.